The zero-order valence-electron chi connectivity index (χ0n) is 16.5. The Morgan fingerprint density at radius 1 is 1.19 bits per heavy atom. The van der Waals surface area contributed by atoms with Crippen LogP contribution in [0, 0.1) is 0 Å². The summed E-state index contributed by atoms with van der Waals surface area (Å²) in [6.07, 6.45) is -1.04. The third-order valence-corrected chi connectivity index (χ3v) is 4.78. The molecule has 0 radical (unpaired) electrons. The Labute approximate surface area is 176 Å². The number of aliphatic hydroxyl groups excluding tert-OH is 2. The first kappa shape index (κ1) is 20.9. The minimum Gasteiger partial charge on any atom is -0.482 e. The molecule has 0 bridgehead atoms. The number of carboxylic acid groups (broad SMARTS) is 1. The van der Waals surface area contributed by atoms with Crippen molar-refractivity contribution in [2.45, 2.75) is 24.5 Å². The molecule has 3 heterocycles. The van der Waals surface area contributed by atoms with E-state index in [1.54, 1.807) is 24.3 Å². The highest BCUT2D eigenvalue weighted by Crippen LogP contribution is 2.32. The van der Waals surface area contributed by atoms with Gasteiger partial charge in [-0.1, -0.05) is 0 Å². The van der Waals surface area contributed by atoms with Gasteiger partial charge in [-0.05, 0) is 24.3 Å². The predicted molar refractivity (Wildman–Crippen MR) is 106 cm³/mol. The molecule has 0 spiro atoms. The fourth-order valence-electron chi connectivity index (χ4n) is 3.31. The lowest BCUT2D eigenvalue weighted by molar-refractivity contribution is -0.139. The van der Waals surface area contributed by atoms with E-state index in [-0.39, 0.29) is 6.61 Å². The van der Waals surface area contributed by atoms with Crippen LogP contribution < -0.4 is 10.1 Å². The molecule has 3 aromatic rings. The quantitative estimate of drug-likeness (QED) is 0.388. The summed E-state index contributed by atoms with van der Waals surface area (Å²) in [5.41, 5.74) is 1.52. The molecule has 1 fully saturated rings. The average Bonchev–Trinajstić information content (AvgIpc) is 3.31. The zero-order chi connectivity index (χ0) is 22.0. The van der Waals surface area contributed by atoms with Gasteiger partial charge >= 0.3 is 5.97 Å². The van der Waals surface area contributed by atoms with Crippen LogP contribution in [0.25, 0.3) is 11.2 Å². The number of rotatable bonds is 8. The van der Waals surface area contributed by atoms with Crippen LogP contribution in [0.1, 0.15) is 6.23 Å². The lowest BCUT2D eigenvalue weighted by Crippen LogP contribution is -2.33. The molecule has 2 aromatic heterocycles. The van der Waals surface area contributed by atoms with Crippen LogP contribution in [0.3, 0.4) is 0 Å². The molecule has 4 rings (SSSR count). The summed E-state index contributed by atoms with van der Waals surface area (Å²) < 4.78 is 17.4. The van der Waals surface area contributed by atoms with E-state index < -0.39 is 37.1 Å². The molecule has 12 nitrogen and oxygen atoms in total. The number of anilines is 2. The molecule has 164 valence electrons. The molecule has 1 aliphatic heterocycles. The molecular weight excluding hydrogens is 410 g/mol. The predicted octanol–water partition coefficient (Wildman–Crippen LogP) is 0.299. The lowest BCUT2D eigenvalue weighted by atomic mass is 10.1. The first-order valence-electron chi connectivity index (χ1n) is 9.37. The number of imidazole rings is 1. The smallest absolute Gasteiger partial charge is 0.341 e. The number of aliphatic carboxylic acids is 1. The number of aromatic nitrogens is 4. The van der Waals surface area contributed by atoms with E-state index >= 15 is 0 Å². The van der Waals surface area contributed by atoms with Crippen molar-refractivity contribution >= 4 is 28.6 Å². The van der Waals surface area contributed by atoms with E-state index in [4.69, 9.17) is 19.3 Å². The number of nitrogens with one attached hydrogen (secondary N) is 1. The molecule has 4 N–H and O–H groups in total. The van der Waals surface area contributed by atoms with Gasteiger partial charge in [0.15, 0.2) is 29.8 Å². The molecule has 1 aromatic carbocycles. The minimum absolute atomic E-state index is 0.134. The largest absolute Gasteiger partial charge is 0.482 e. The standard InChI is InChI=1S/C19H21N5O7/c1-29-6-12-15(27)16(28)19(31-12)24-9-22-14-17(20-8-21-18(14)24)23-10-2-4-11(5-3-10)30-7-13(25)26/h2-5,8-9,12,15-16,19,27-28H,6-7H2,1H3,(H,25,26)(H,20,21,23)/t12-,15-,16-,19-/m1/s1. The van der Waals surface area contributed by atoms with Crippen LogP contribution in [0.2, 0.25) is 0 Å². The summed E-state index contributed by atoms with van der Waals surface area (Å²) >= 11 is 0. The number of fused-ring (bicyclic) bond motifs is 1. The van der Waals surface area contributed by atoms with Gasteiger partial charge in [0.05, 0.1) is 12.9 Å². The fraction of sp³-hybridized carbons (Fsp3) is 0.368. The zero-order valence-corrected chi connectivity index (χ0v) is 16.5. The topological polar surface area (TPSA) is 161 Å². The van der Waals surface area contributed by atoms with Crippen molar-refractivity contribution in [1.82, 2.24) is 19.5 Å². The summed E-state index contributed by atoms with van der Waals surface area (Å²) in [6.45, 7) is -0.291. The maximum Gasteiger partial charge on any atom is 0.341 e. The fourth-order valence-corrected chi connectivity index (χ4v) is 3.31. The summed E-state index contributed by atoms with van der Waals surface area (Å²) in [5, 5.41) is 32.4. The number of benzene rings is 1. The highest BCUT2D eigenvalue weighted by Gasteiger charge is 2.44. The molecule has 0 saturated carbocycles. The minimum atomic E-state index is -1.18. The van der Waals surface area contributed by atoms with Crippen molar-refractivity contribution < 1.29 is 34.3 Å². The van der Waals surface area contributed by atoms with E-state index in [0.29, 0.717) is 28.4 Å². The highest BCUT2D eigenvalue weighted by molar-refractivity contribution is 5.85. The lowest BCUT2D eigenvalue weighted by Gasteiger charge is -2.16. The van der Waals surface area contributed by atoms with E-state index in [1.807, 2.05) is 0 Å². The first-order valence-corrected chi connectivity index (χ1v) is 9.37. The van der Waals surface area contributed by atoms with Crippen molar-refractivity contribution in [2.24, 2.45) is 0 Å². The van der Waals surface area contributed by atoms with Gasteiger partial charge in [-0.2, -0.15) is 0 Å². The SMILES string of the molecule is COC[C@H]1O[C@@H](n2cnc3c(Nc4ccc(OCC(=O)O)cc4)ncnc32)[C@H](O)[C@@H]1O. The molecule has 1 saturated heterocycles. The van der Waals surface area contributed by atoms with Crippen LogP contribution in [0.15, 0.2) is 36.9 Å². The van der Waals surface area contributed by atoms with Gasteiger partial charge in [0, 0.05) is 12.8 Å². The van der Waals surface area contributed by atoms with Crippen LogP contribution in [-0.2, 0) is 14.3 Å². The summed E-state index contributed by atoms with van der Waals surface area (Å²) in [7, 11) is 1.48. The number of ether oxygens (including phenoxy) is 3. The maximum atomic E-state index is 10.6. The first-order chi connectivity index (χ1) is 15.0. The van der Waals surface area contributed by atoms with Crippen LogP contribution >= 0.6 is 0 Å². The van der Waals surface area contributed by atoms with Crippen LogP contribution in [-0.4, -0.2) is 79.4 Å². The molecule has 0 amide bonds. The number of hydrogen-bond donors (Lipinski definition) is 4. The van der Waals surface area contributed by atoms with E-state index in [9.17, 15) is 15.0 Å². The number of hydrogen-bond acceptors (Lipinski definition) is 10. The van der Waals surface area contributed by atoms with Crippen molar-refractivity contribution in [3.05, 3.63) is 36.9 Å². The number of methoxy groups -OCH3 is 1. The molecule has 1 aliphatic rings. The summed E-state index contributed by atoms with van der Waals surface area (Å²) in [5.74, 6) is -0.218. The monoisotopic (exact) mass is 431 g/mol. The second-order valence-corrected chi connectivity index (χ2v) is 6.88. The summed E-state index contributed by atoms with van der Waals surface area (Å²) in [4.78, 5) is 23.4. The van der Waals surface area contributed by atoms with Gasteiger partial charge in [-0.15, -0.1) is 0 Å². The van der Waals surface area contributed by atoms with E-state index in [1.165, 1.54) is 24.3 Å². The van der Waals surface area contributed by atoms with Gasteiger partial charge in [-0.3, -0.25) is 4.57 Å². The number of carboxylic acids is 1. The van der Waals surface area contributed by atoms with Gasteiger partial charge in [0.25, 0.3) is 0 Å². The average molecular weight is 431 g/mol. The van der Waals surface area contributed by atoms with Gasteiger partial charge in [0.1, 0.15) is 30.4 Å². The summed E-state index contributed by atoms with van der Waals surface area (Å²) in [6, 6.07) is 6.67. The molecule has 31 heavy (non-hydrogen) atoms. The van der Waals surface area contributed by atoms with Gasteiger partial charge in [-0.25, -0.2) is 19.7 Å². The van der Waals surface area contributed by atoms with Crippen molar-refractivity contribution in [1.29, 1.82) is 0 Å². The second-order valence-electron chi connectivity index (χ2n) is 6.88. The van der Waals surface area contributed by atoms with Crippen LogP contribution in [0.5, 0.6) is 5.75 Å². The Morgan fingerprint density at radius 3 is 2.68 bits per heavy atom. The van der Waals surface area contributed by atoms with Crippen LogP contribution in [0.4, 0.5) is 11.5 Å². The third-order valence-electron chi connectivity index (χ3n) is 4.78. The Bertz CT molecular complexity index is 1060. The number of carbonyl (C=O) groups is 1. The normalized spacial score (nSPS) is 23.2. The molecule has 12 heteroatoms. The van der Waals surface area contributed by atoms with Crippen molar-refractivity contribution in [3.8, 4) is 5.75 Å². The molecule has 0 aliphatic carbocycles. The maximum absolute atomic E-state index is 10.6. The van der Waals surface area contributed by atoms with Gasteiger partial charge < -0.3 is 34.8 Å². The van der Waals surface area contributed by atoms with Crippen molar-refractivity contribution in [2.75, 3.05) is 25.6 Å². The highest BCUT2D eigenvalue weighted by atomic mass is 16.6. The number of aliphatic hydroxyl groups is 2. The molecular formula is C19H21N5O7. The number of nitrogens with zero attached hydrogens (tertiary/aromatic N) is 4. The van der Waals surface area contributed by atoms with Crippen molar-refractivity contribution in [3.63, 3.8) is 0 Å². The van der Waals surface area contributed by atoms with Gasteiger partial charge in [0.2, 0.25) is 0 Å². The third kappa shape index (κ3) is 4.27. The Balaban J connectivity index is 1.55. The van der Waals surface area contributed by atoms with E-state index in [0.717, 1.165) is 0 Å². The second kappa shape index (κ2) is 8.81. The Kier molecular flexibility index (Phi) is 5.95. The molecule has 0 unspecified atom stereocenters. The Hall–Kier alpha value is -3.32. The molecule has 4 atom stereocenters. The Morgan fingerprint density at radius 2 is 1.97 bits per heavy atom. The van der Waals surface area contributed by atoms with E-state index in [2.05, 4.69) is 20.3 Å².